The maximum atomic E-state index is 9.07. The van der Waals surface area contributed by atoms with Crippen LogP contribution < -0.4 is 0 Å². The van der Waals surface area contributed by atoms with E-state index in [4.69, 9.17) is 5.26 Å². The van der Waals surface area contributed by atoms with Gasteiger partial charge in [0.25, 0.3) is 0 Å². The van der Waals surface area contributed by atoms with Crippen LogP contribution in [0.25, 0.3) is 5.57 Å². The molecule has 0 aliphatic heterocycles. The van der Waals surface area contributed by atoms with Gasteiger partial charge in [-0.2, -0.15) is 5.26 Å². The van der Waals surface area contributed by atoms with Crippen molar-refractivity contribution in [1.29, 1.82) is 5.26 Å². The first-order valence-electron chi connectivity index (χ1n) is 5.44. The van der Waals surface area contributed by atoms with Crippen LogP contribution >= 0.6 is 47.8 Å². The predicted molar refractivity (Wildman–Crippen MR) is 85.8 cm³/mol. The number of benzene rings is 1. The van der Waals surface area contributed by atoms with Gasteiger partial charge in [0.1, 0.15) is 0 Å². The number of hydrogen-bond donors (Lipinski definition) is 0. The van der Waals surface area contributed by atoms with Crippen LogP contribution in [0.15, 0.2) is 45.4 Å². The van der Waals surface area contributed by atoms with Crippen molar-refractivity contribution < 1.29 is 0 Å². The quantitative estimate of drug-likeness (QED) is 0.565. The summed E-state index contributed by atoms with van der Waals surface area (Å²) in [6, 6.07) is 12.4. The summed E-state index contributed by atoms with van der Waals surface area (Å²) in [7, 11) is 0. The summed E-state index contributed by atoms with van der Waals surface area (Å²) in [5, 5.41) is 9.07. The Morgan fingerprint density at radius 1 is 1.22 bits per heavy atom. The van der Waals surface area contributed by atoms with Crippen LogP contribution in [-0.2, 0) is 0 Å². The first kappa shape index (κ1) is 14.0. The van der Waals surface area contributed by atoms with Gasteiger partial charge in [-0.25, -0.2) is 0 Å². The van der Waals surface area contributed by atoms with Gasteiger partial charge < -0.3 is 0 Å². The van der Waals surface area contributed by atoms with Gasteiger partial charge in [-0.05, 0) is 28.1 Å². The lowest BCUT2D eigenvalue weighted by molar-refractivity contribution is 0.764. The van der Waals surface area contributed by atoms with Crippen LogP contribution in [0.4, 0.5) is 0 Å². The van der Waals surface area contributed by atoms with E-state index < -0.39 is 0 Å². The first-order valence-corrected chi connectivity index (χ1v) is 7.82. The molecule has 0 aromatic heterocycles. The summed E-state index contributed by atoms with van der Waals surface area (Å²) in [4.78, 5) is 0. The van der Waals surface area contributed by atoms with Crippen LogP contribution in [0, 0.1) is 11.3 Å². The Morgan fingerprint density at radius 2 is 1.89 bits per heavy atom. The molecule has 1 aromatic rings. The molecular formula is C14H10Br3N. The number of halogens is 3. The number of allylic oxidation sites excluding steroid dienone is 4. The molecule has 0 saturated heterocycles. The van der Waals surface area contributed by atoms with Crippen LogP contribution in [0.1, 0.15) is 18.4 Å². The SMILES string of the molecule is N#CCC1(Br)CC(Br)=CC(Br)=C1c1ccccc1. The van der Waals surface area contributed by atoms with E-state index in [-0.39, 0.29) is 4.32 Å². The minimum Gasteiger partial charge on any atom is -0.198 e. The number of alkyl halides is 1. The van der Waals surface area contributed by atoms with Crippen LogP contribution in [-0.4, -0.2) is 4.32 Å². The van der Waals surface area contributed by atoms with Crippen molar-refractivity contribution in [3.8, 4) is 6.07 Å². The summed E-state index contributed by atoms with van der Waals surface area (Å²) in [6.07, 6.45) is 3.26. The molecule has 18 heavy (non-hydrogen) atoms. The fourth-order valence-corrected chi connectivity index (χ4v) is 5.52. The van der Waals surface area contributed by atoms with Gasteiger partial charge in [-0.3, -0.25) is 0 Å². The number of hydrogen-bond acceptors (Lipinski definition) is 1. The van der Waals surface area contributed by atoms with Gasteiger partial charge >= 0.3 is 0 Å². The van der Waals surface area contributed by atoms with Gasteiger partial charge in [0.2, 0.25) is 0 Å². The van der Waals surface area contributed by atoms with Crippen LogP contribution in [0.3, 0.4) is 0 Å². The highest BCUT2D eigenvalue weighted by atomic mass is 79.9. The zero-order chi connectivity index (χ0) is 13.2. The predicted octanol–water partition coefficient (Wildman–Crippen LogP) is 5.52. The van der Waals surface area contributed by atoms with Crippen LogP contribution in [0.2, 0.25) is 0 Å². The van der Waals surface area contributed by atoms with E-state index in [9.17, 15) is 0 Å². The lowest BCUT2D eigenvalue weighted by Crippen LogP contribution is -2.25. The topological polar surface area (TPSA) is 23.8 Å². The fourth-order valence-electron chi connectivity index (χ4n) is 2.11. The highest BCUT2D eigenvalue weighted by Crippen LogP contribution is 2.49. The molecule has 1 unspecified atom stereocenters. The molecule has 0 spiro atoms. The van der Waals surface area contributed by atoms with E-state index in [1.807, 2.05) is 18.2 Å². The van der Waals surface area contributed by atoms with Crippen molar-refractivity contribution in [2.24, 2.45) is 0 Å². The van der Waals surface area contributed by atoms with Gasteiger partial charge in [0.15, 0.2) is 0 Å². The highest BCUT2D eigenvalue weighted by molar-refractivity contribution is 9.12. The second kappa shape index (κ2) is 5.73. The minimum absolute atomic E-state index is 0.338. The largest absolute Gasteiger partial charge is 0.198 e. The molecule has 0 amide bonds. The summed E-state index contributed by atoms with van der Waals surface area (Å²) < 4.78 is 1.76. The molecule has 0 heterocycles. The summed E-state index contributed by atoms with van der Waals surface area (Å²) in [5.74, 6) is 0. The van der Waals surface area contributed by atoms with Gasteiger partial charge in [0.05, 0.1) is 16.8 Å². The van der Waals surface area contributed by atoms with E-state index in [0.717, 1.165) is 26.5 Å². The summed E-state index contributed by atoms with van der Waals surface area (Å²) in [6.45, 7) is 0. The molecule has 4 heteroatoms. The third-order valence-corrected chi connectivity index (χ3v) is 4.93. The molecule has 1 nitrogen and oxygen atoms in total. The Hall–Kier alpha value is -0.370. The molecule has 0 radical (unpaired) electrons. The Kier molecular flexibility index (Phi) is 4.47. The van der Waals surface area contributed by atoms with E-state index in [1.54, 1.807) is 0 Å². The summed E-state index contributed by atoms with van der Waals surface area (Å²) in [5.41, 5.74) is 2.26. The van der Waals surface area contributed by atoms with Gasteiger partial charge in [0, 0.05) is 4.48 Å². The molecule has 1 atom stereocenters. The molecule has 2 rings (SSSR count). The second-order valence-corrected chi connectivity index (χ2v) is 7.55. The third kappa shape index (κ3) is 2.79. The van der Waals surface area contributed by atoms with E-state index in [1.165, 1.54) is 0 Å². The normalized spacial score (nSPS) is 23.6. The lowest BCUT2D eigenvalue weighted by Gasteiger charge is -2.32. The first-order chi connectivity index (χ1) is 8.57. The van der Waals surface area contributed by atoms with Crippen molar-refractivity contribution in [3.05, 3.63) is 50.9 Å². The Bertz CT molecular complexity index is 554. The second-order valence-electron chi connectivity index (χ2n) is 4.16. The third-order valence-electron chi connectivity index (χ3n) is 2.84. The summed E-state index contributed by atoms with van der Waals surface area (Å²) >= 11 is 10.9. The Balaban J connectivity index is 2.58. The average Bonchev–Trinajstić information content (AvgIpc) is 2.28. The molecule has 1 aliphatic carbocycles. The monoisotopic (exact) mass is 429 g/mol. The minimum atomic E-state index is -0.338. The van der Waals surface area contributed by atoms with Crippen molar-refractivity contribution in [2.75, 3.05) is 0 Å². The Labute approximate surface area is 132 Å². The fraction of sp³-hybridized carbons (Fsp3) is 0.214. The average molecular weight is 432 g/mol. The van der Waals surface area contributed by atoms with Crippen molar-refractivity contribution in [3.63, 3.8) is 0 Å². The highest BCUT2D eigenvalue weighted by Gasteiger charge is 2.36. The molecule has 0 bridgehead atoms. The number of nitrogens with zero attached hydrogens (tertiary/aromatic N) is 1. The lowest BCUT2D eigenvalue weighted by atomic mass is 9.84. The van der Waals surface area contributed by atoms with Crippen molar-refractivity contribution in [2.45, 2.75) is 17.2 Å². The molecule has 1 aromatic carbocycles. The molecule has 0 saturated carbocycles. The number of rotatable bonds is 2. The Morgan fingerprint density at radius 3 is 2.50 bits per heavy atom. The molecule has 0 N–H and O–H groups in total. The van der Waals surface area contributed by atoms with E-state index in [0.29, 0.717) is 6.42 Å². The zero-order valence-corrected chi connectivity index (χ0v) is 14.2. The zero-order valence-electron chi connectivity index (χ0n) is 9.46. The number of nitriles is 1. The van der Waals surface area contributed by atoms with Gasteiger partial charge in [-0.1, -0.05) is 78.1 Å². The molecule has 0 fully saturated rings. The molecule has 1 aliphatic rings. The van der Waals surface area contributed by atoms with Crippen molar-refractivity contribution in [1.82, 2.24) is 0 Å². The van der Waals surface area contributed by atoms with Gasteiger partial charge in [-0.15, -0.1) is 0 Å². The van der Waals surface area contributed by atoms with Crippen LogP contribution in [0.5, 0.6) is 0 Å². The molecular weight excluding hydrogens is 422 g/mol. The van der Waals surface area contributed by atoms with E-state index >= 15 is 0 Å². The maximum Gasteiger partial charge on any atom is 0.0697 e. The molecule has 92 valence electrons. The standard InChI is InChI=1S/C14H10Br3N/c15-11-8-12(16)13(10-4-2-1-3-5-10)14(17,9-11)6-7-18/h1-5,8H,6,9H2. The maximum absolute atomic E-state index is 9.07. The smallest absolute Gasteiger partial charge is 0.0697 e. The van der Waals surface area contributed by atoms with Crippen molar-refractivity contribution >= 4 is 53.4 Å². The van der Waals surface area contributed by atoms with E-state index in [2.05, 4.69) is 72.1 Å².